The summed E-state index contributed by atoms with van der Waals surface area (Å²) in [6.07, 6.45) is 0. The third-order valence-corrected chi connectivity index (χ3v) is 4.59. The molecule has 0 spiro atoms. The fourth-order valence-electron chi connectivity index (χ4n) is 2.50. The van der Waals surface area contributed by atoms with Crippen molar-refractivity contribution in [3.63, 3.8) is 0 Å². The van der Waals surface area contributed by atoms with Crippen molar-refractivity contribution in [3.8, 4) is 0 Å². The Morgan fingerprint density at radius 3 is 2.47 bits per heavy atom. The van der Waals surface area contributed by atoms with Crippen molar-refractivity contribution in [3.05, 3.63) is 36.0 Å². The van der Waals surface area contributed by atoms with Crippen molar-refractivity contribution in [1.82, 2.24) is 4.57 Å². The van der Waals surface area contributed by atoms with Crippen LogP contribution in [0, 0.1) is 0 Å². The van der Waals surface area contributed by atoms with Crippen LogP contribution in [0.5, 0.6) is 0 Å². The number of aromatic nitrogens is 1. The van der Waals surface area contributed by atoms with Gasteiger partial charge in [0, 0.05) is 33.6 Å². The summed E-state index contributed by atoms with van der Waals surface area (Å²) in [5, 5.41) is 2.79. The van der Waals surface area contributed by atoms with Crippen molar-refractivity contribution in [2.45, 2.75) is 26.2 Å². The number of aryl methyl sites for hydroxylation is 1. The molecule has 0 fully saturated rings. The van der Waals surface area contributed by atoms with Gasteiger partial charge in [-0.05, 0) is 12.1 Å². The summed E-state index contributed by atoms with van der Waals surface area (Å²) in [5.74, 6) is 0. The molecule has 1 nitrogen and oxygen atoms in total. The minimum absolute atomic E-state index is 0.203. The number of rotatable bonds is 0. The van der Waals surface area contributed by atoms with E-state index >= 15 is 0 Å². The Labute approximate surface area is 106 Å². The molecule has 3 rings (SSSR count). The molecule has 0 amide bonds. The van der Waals surface area contributed by atoms with E-state index in [4.69, 9.17) is 0 Å². The third-order valence-electron chi connectivity index (χ3n) is 3.33. The fourth-order valence-corrected chi connectivity index (χ4v) is 3.66. The Balaban J connectivity index is 2.42. The Bertz CT molecular complexity index is 695. The van der Waals surface area contributed by atoms with Crippen LogP contribution in [0.1, 0.15) is 26.5 Å². The molecule has 0 unspecified atom stereocenters. The fraction of sp³-hybridized carbons (Fsp3) is 0.333. The van der Waals surface area contributed by atoms with Gasteiger partial charge in [0.15, 0.2) is 0 Å². The molecule has 0 aliphatic carbocycles. The van der Waals surface area contributed by atoms with Gasteiger partial charge in [0.2, 0.25) is 0 Å². The summed E-state index contributed by atoms with van der Waals surface area (Å²) in [4.78, 5) is 1.39. The summed E-state index contributed by atoms with van der Waals surface area (Å²) < 4.78 is 3.73. The van der Waals surface area contributed by atoms with E-state index in [2.05, 4.69) is 62.7 Å². The van der Waals surface area contributed by atoms with Gasteiger partial charge in [-0.1, -0.05) is 39.0 Å². The van der Waals surface area contributed by atoms with Crippen LogP contribution < -0.4 is 0 Å². The average Bonchev–Trinajstić information content (AvgIpc) is 2.76. The standard InChI is InChI=1S/C15H17NS/c1-15(2,3)13-9-11-10-7-5-6-8-12(10)17-14(11)16(13)4/h5-9H,1-4H3. The van der Waals surface area contributed by atoms with Gasteiger partial charge in [-0.15, -0.1) is 11.3 Å². The van der Waals surface area contributed by atoms with Gasteiger partial charge in [-0.2, -0.15) is 0 Å². The summed E-state index contributed by atoms with van der Waals surface area (Å²) in [5.41, 5.74) is 1.61. The molecule has 88 valence electrons. The van der Waals surface area contributed by atoms with Crippen LogP contribution in [0.2, 0.25) is 0 Å². The number of nitrogens with zero attached hydrogens (tertiary/aromatic N) is 1. The van der Waals surface area contributed by atoms with E-state index in [0.717, 1.165) is 0 Å². The molecule has 0 N–H and O–H groups in total. The smallest absolute Gasteiger partial charge is 0.103 e. The molecule has 2 heterocycles. The average molecular weight is 243 g/mol. The van der Waals surface area contributed by atoms with Gasteiger partial charge in [-0.25, -0.2) is 0 Å². The van der Waals surface area contributed by atoms with Crippen LogP contribution in [-0.4, -0.2) is 4.57 Å². The normalized spacial score (nSPS) is 12.7. The zero-order valence-electron chi connectivity index (χ0n) is 10.7. The minimum Gasteiger partial charge on any atom is -0.339 e. The number of thiophene rings is 1. The Hall–Kier alpha value is -1.28. The Kier molecular flexibility index (Phi) is 2.14. The second-order valence-corrected chi connectivity index (χ2v) is 6.69. The van der Waals surface area contributed by atoms with Crippen LogP contribution in [0.3, 0.4) is 0 Å². The number of benzene rings is 1. The zero-order chi connectivity index (χ0) is 12.2. The molecule has 0 aliphatic heterocycles. The van der Waals surface area contributed by atoms with Crippen LogP contribution in [0.15, 0.2) is 30.3 Å². The maximum Gasteiger partial charge on any atom is 0.103 e. The van der Waals surface area contributed by atoms with E-state index in [9.17, 15) is 0 Å². The second-order valence-electron chi connectivity index (χ2n) is 5.66. The number of fused-ring (bicyclic) bond motifs is 3. The maximum atomic E-state index is 2.36. The lowest BCUT2D eigenvalue weighted by Crippen LogP contribution is -2.15. The Morgan fingerprint density at radius 2 is 1.76 bits per heavy atom. The minimum atomic E-state index is 0.203. The molecule has 3 aromatic rings. The SMILES string of the molecule is Cn1c(C(C)(C)C)cc2c3ccccc3sc21. The summed E-state index contributed by atoms with van der Waals surface area (Å²) in [6.45, 7) is 6.82. The monoisotopic (exact) mass is 243 g/mol. The molecule has 0 aliphatic rings. The lowest BCUT2D eigenvalue weighted by molar-refractivity contribution is 0.548. The lowest BCUT2D eigenvalue weighted by Gasteiger charge is -2.19. The number of hydrogen-bond acceptors (Lipinski definition) is 1. The highest BCUT2D eigenvalue weighted by Crippen LogP contribution is 2.38. The molecule has 1 aromatic carbocycles. The van der Waals surface area contributed by atoms with E-state index in [1.54, 1.807) is 0 Å². The van der Waals surface area contributed by atoms with Gasteiger partial charge in [0.1, 0.15) is 4.83 Å². The molecule has 2 aromatic heterocycles. The van der Waals surface area contributed by atoms with Crippen molar-refractivity contribution in [2.24, 2.45) is 7.05 Å². The second kappa shape index (κ2) is 3.36. The summed E-state index contributed by atoms with van der Waals surface area (Å²) in [7, 11) is 2.18. The molecular weight excluding hydrogens is 226 g/mol. The van der Waals surface area contributed by atoms with Crippen molar-refractivity contribution in [1.29, 1.82) is 0 Å². The first-order valence-electron chi connectivity index (χ1n) is 5.96. The largest absolute Gasteiger partial charge is 0.339 e. The van der Waals surface area contributed by atoms with E-state index in [1.807, 2.05) is 11.3 Å². The van der Waals surface area contributed by atoms with Gasteiger partial charge in [0.05, 0.1) is 0 Å². The topological polar surface area (TPSA) is 4.93 Å². The van der Waals surface area contributed by atoms with E-state index < -0.39 is 0 Å². The van der Waals surface area contributed by atoms with Crippen molar-refractivity contribution in [2.75, 3.05) is 0 Å². The third kappa shape index (κ3) is 1.51. The molecule has 2 heteroatoms. The van der Waals surface area contributed by atoms with Crippen LogP contribution >= 0.6 is 11.3 Å². The highest BCUT2D eigenvalue weighted by atomic mass is 32.1. The molecule has 0 radical (unpaired) electrons. The van der Waals surface area contributed by atoms with Crippen LogP contribution in [0.4, 0.5) is 0 Å². The van der Waals surface area contributed by atoms with Crippen LogP contribution in [-0.2, 0) is 12.5 Å². The molecule has 0 atom stereocenters. The van der Waals surface area contributed by atoms with Crippen molar-refractivity contribution < 1.29 is 0 Å². The van der Waals surface area contributed by atoms with Gasteiger partial charge >= 0.3 is 0 Å². The van der Waals surface area contributed by atoms with Gasteiger partial charge in [-0.3, -0.25) is 0 Å². The first kappa shape index (κ1) is 10.8. The molecular formula is C15H17NS. The molecule has 0 saturated heterocycles. The maximum absolute atomic E-state index is 2.36. The van der Waals surface area contributed by atoms with Gasteiger partial charge < -0.3 is 4.57 Å². The quantitative estimate of drug-likeness (QED) is 0.540. The molecule has 17 heavy (non-hydrogen) atoms. The molecule has 0 bridgehead atoms. The van der Waals surface area contributed by atoms with Crippen molar-refractivity contribution >= 4 is 31.6 Å². The predicted molar refractivity (Wildman–Crippen MR) is 77.0 cm³/mol. The number of hydrogen-bond donors (Lipinski definition) is 0. The van der Waals surface area contributed by atoms with E-state index in [0.29, 0.717) is 0 Å². The highest BCUT2D eigenvalue weighted by molar-refractivity contribution is 7.25. The Morgan fingerprint density at radius 1 is 1.06 bits per heavy atom. The van der Waals surface area contributed by atoms with Gasteiger partial charge in [0.25, 0.3) is 0 Å². The molecule has 0 saturated carbocycles. The predicted octanol–water partition coefficient (Wildman–Crippen LogP) is 4.69. The first-order valence-corrected chi connectivity index (χ1v) is 6.77. The van der Waals surface area contributed by atoms with Crippen LogP contribution in [0.25, 0.3) is 20.3 Å². The van der Waals surface area contributed by atoms with E-state index in [1.165, 1.54) is 26.0 Å². The first-order chi connectivity index (χ1) is 7.98. The summed E-state index contributed by atoms with van der Waals surface area (Å²) in [6, 6.07) is 11.0. The lowest BCUT2D eigenvalue weighted by atomic mass is 9.92. The summed E-state index contributed by atoms with van der Waals surface area (Å²) >= 11 is 1.89. The highest BCUT2D eigenvalue weighted by Gasteiger charge is 2.21. The zero-order valence-corrected chi connectivity index (χ0v) is 11.6. The van der Waals surface area contributed by atoms with E-state index in [-0.39, 0.29) is 5.41 Å².